The molecule has 1 aromatic heterocycles. The average molecular weight is 424 g/mol. The van der Waals surface area contributed by atoms with Crippen LogP contribution in [0.2, 0.25) is 0 Å². The van der Waals surface area contributed by atoms with E-state index < -0.39 is 6.03 Å². The van der Waals surface area contributed by atoms with Crippen molar-refractivity contribution in [3.05, 3.63) is 34.9 Å². The summed E-state index contributed by atoms with van der Waals surface area (Å²) in [6.45, 7) is 7.04. The number of benzene rings is 1. The van der Waals surface area contributed by atoms with Crippen LogP contribution in [0.15, 0.2) is 34.9 Å². The maximum Gasteiger partial charge on any atom is 0.324 e. The number of nitrogens with one attached hydrogen (secondary N) is 2. The minimum atomic E-state index is -0.426. The quantitative estimate of drug-likeness (QED) is 0.643. The molecular weight excluding hydrogens is 402 g/mol. The molecule has 0 radical (unpaired) electrons. The minimum Gasteiger partial charge on any atom is -0.490 e. The van der Waals surface area contributed by atoms with Gasteiger partial charge in [-0.25, -0.2) is 9.78 Å². The topological polar surface area (TPSA) is 81.7 Å². The number of anilines is 2. The third-order valence-electron chi connectivity index (χ3n) is 3.13. The van der Waals surface area contributed by atoms with Gasteiger partial charge in [-0.05, 0) is 32.9 Å². The van der Waals surface area contributed by atoms with Crippen molar-refractivity contribution in [2.75, 3.05) is 30.5 Å². The monoisotopic (exact) mass is 423 g/mol. The van der Waals surface area contributed by atoms with E-state index in [1.54, 1.807) is 30.5 Å². The molecule has 1 aromatic carbocycles. The number of carbonyl (C=O) groups excluding carboxylic acids is 1. The van der Waals surface area contributed by atoms with Crippen LogP contribution in [0.4, 0.5) is 16.3 Å². The molecule has 0 bridgehead atoms. The Labute approximate surface area is 161 Å². The number of rotatable bonds is 8. The first-order valence-electron chi connectivity index (χ1n) is 8.33. The second-order valence-corrected chi connectivity index (χ2v) is 5.95. The highest BCUT2D eigenvalue weighted by atomic mass is 79.9. The molecule has 7 nitrogen and oxygen atoms in total. The van der Waals surface area contributed by atoms with E-state index in [2.05, 4.69) is 31.5 Å². The third-order valence-corrected chi connectivity index (χ3v) is 3.62. The fourth-order valence-electron chi connectivity index (χ4n) is 2.21. The zero-order valence-electron chi connectivity index (χ0n) is 15.0. The molecule has 8 heteroatoms. The largest absolute Gasteiger partial charge is 0.490 e. The van der Waals surface area contributed by atoms with Crippen molar-refractivity contribution in [3.8, 4) is 17.2 Å². The summed E-state index contributed by atoms with van der Waals surface area (Å²) in [6.07, 6.45) is 1.59. The molecule has 0 saturated carbocycles. The molecule has 0 aliphatic rings. The van der Waals surface area contributed by atoms with Gasteiger partial charge in [-0.2, -0.15) is 0 Å². The summed E-state index contributed by atoms with van der Waals surface area (Å²) in [7, 11) is 0. The van der Waals surface area contributed by atoms with Gasteiger partial charge in [-0.15, -0.1) is 0 Å². The molecule has 2 rings (SSSR count). The van der Waals surface area contributed by atoms with Crippen LogP contribution in [0, 0.1) is 0 Å². The first-order valence-corrected chi connectivity index (χ1v) is 9.12. The molecule has 0 atom stereocenters. The fraction of sp³-hybridized carbons (Fsp3) is 0.333. The first-order chi connectivity index (χ1) is 12.6. The minimum absolute atomic E-state index is 0.426. The normalized spacial score (nSPS) is 10.2. The first kappa shape index (κ1) is 19.8. The van der Waals surface area contributed by atoms with Crippen LogP contribution in [0.5, 0.6) is 17.2 Å². The molecule has 26 heavy (non-hydrogen) atoms. The van der Waals surface area contributed by atoms with E-state index in [0.29, 0.717) is 48.6 Å². The predicted octanol–water partition coefficient (Wildman–Crippen LogP) is 4.68. The number of amides is 2. The van der Waals surface area contributed by atoms with E-state index in [-0.39, 0.29) is 0 Å². The fourth-order valence-corrected chi connectivity index (χ4v) is 2.55. The number of hydrogen-bond donors (Lipinski definition) is 2. The molecule has 0 unspecified atom stereocenters. The number of carbonyl (C=O) groups is 1. The molecule has 0 aliphatic heterocycles. The number of urea groups is 1. The lowest BCUT2D eigenvalue weighted by molar-refractivity contribution is 0.260. The van der Waals surface area contributed by atoms with Crippen molar-refractivity contribution in [1.82, 2.24) is 4.98 Å². The van der Waals surface area contributed by atoms with E-state index in [1.807, 2.05) is 20.8 Å². The summed E-state index contributed by atoms with van der Waals surface area (Å²) in [5.41, 5.74) is 0.521. The zero-order valence-corrected chi connectivity index (χ0v) is 16.6. The summed E-state index contributed by atoms with van der Waals surface area (Å²) < 4.78 is 17.7. The Kier molecular flexibility index (Phi) is 7.53. The highest BCUT2D eigenvalue weighted by Crippen LogP contribution is 2.40. The number of ether oxygens (including phenoxy) is 3. The van der Waals surface area contributed by atoms with E-state index in [9.17, 15) is 4.79 Å². The van der Waals surface area contributed by atoms with Crippen LogP contribution < -0.4 is 24.8 Å². The standard InChI is InChI=1S/C18H22BrN3O4/c1-4-24-14-10-13(11-15(25-5-2)17(14)26-6-3)21-18(23)22-16-9-12(19)7-8-20-16/h7-11H,4-6H2,1-3H3,(H2,20,21,22,23). The average Bonchev–Trinajstić information content (AvgIpc) is 2.58. The van der Waals surface area contributed by atoms with E-state index in [1.165, 1.54) is 0 Å². The summed E-state index contributed by atoms with van der Waals surface area (Å²) in [5.74, 6) is 1.97. The SMILES string of the molecule is CCOc1cc(NC(=O)Nc2cc(Br)ccn2)cc(OCC)c1OCC. The van der Waals surface area contributed by atoms with Gasteiger partial charge in [0.2, 0.25) is 5.75 Å². The Morgan fingerprint density at radius 1 is 1.00 bits per heavy atom. The third kappa shape index (κ3) is 5.52. The van der Waals surface area contributed by atoms with Gasteiger partial charge >= 0.3 is 6.03 Å². The number of nitrogens with zero attached hydrogens (tertiary/aromatic N) is 1. The van der Waals surface area contributed by atoms with E-state index in [4.69, 9.17) is 14.2 Å². The molecule has 0 spiro atoms. The van der Waals surface area contributed by atoms with Gasteiger partial charge in [0.1, 0.15) is 5.82 Å². The summed E-state index contributed by atoms with van der Waals surface area (Å²) in [4.78, 5) is 16.3. The Hall–Kier alpha value is -2.48. The predicted molar refractivity (Wildman–Crippen MR) is 105 cm³/mol. The van der Waals surface area contributed by atoms with Gasteiger partial charge in [-0.3, -0.25) is 5.32 Å². The van der Waals surface area contributed by atoms with Crippen LogP contribution in [-0.2, 0) is 0 Å². The maximum atomic E-state index is 12.3. The smallest absolute Gasteiger partial charge is 0.324 e. The van der Waals surface area contributed by atoms with Gasteiger partial charge in [0.25, 0.3) is 0 Å². The highest BCUT2D eigenvalue weighted by molar-refractivity contribution is 9.10. The molecular formula is C18H22BrN3O4. The lowest BCUT2D eigenvalue weighted by Gasteiger charge is -2.17. The summed E-state index contributed by atoms with van der Waals surface area (Å²) >= 11 is 3.34. The van der Waals surface area contributed by atoms with Crippen LogP contribution >= 0.6 is 15.9 Å². The molecule has 2 aromatic rings. The molecule has 0 fully saturated rings. The maximum absolute atomic E-state index is 12.3. The van der Waals surface area contributed by atoms with Gasteiger partial charge in [-0.1, -0.05) is 15.9 Å². The Balaban J connectivity index is 2.22. The van der Waals surface area contributed by atoms with Crippen LogP contribution in [0.3, 0.4) is 0 Å². The number of halogens is 1. The number of hydrogen-bond acceptors (Lipinski definition) is 5. The van der Waals surface area contributed by atoms with Crippen molar-refractivity contribution in [3.63, 3.8) is 0 Å². The summed E-state index contributed by atoms with van der Waals surface area (Å²) in [5, 5.41) is 5.43. The number of pyridine rings is 1. The summed E-state index contributed by atoms with van der Waals surface area (Å²) in [6, 6.07) is 6.45. The molecule has 140 valence electrons. The van der Waals surface area contributed by atoms with Gasteiger partial charge in [0, 0.05) is 22.8 Å². The van der Waals surface area contributed by atoms with Gasteiger partial charge in [0.05, 0.1) is 25.5 Å². The molecule has 0 aliphatic carbocycles. The molecule has 2 amide bonds. The van der Waals surface area contributed by atoms with Crippen molar-refractivity contribution >= 4 is 33.5 Å². The van der Waals surface area contributed by atoms with Crippen molar-refractivity contribution in [2.24, 2.45) is 0 Å². The highest BCUT2D eigenvalue weighted by Gasteiger charge is 2.16. The van der Waals surface area contributed by atoms with E-state index >= 15 is 0 Å². The van der Waals surface area contributed by atoms with Gasteiger partial charge < -0.3 is 19.5 Å². The molecule has 2 N–H and O–H groups in total. The van der Waals surface area contributed by atoms with Crippen molar-refractivity contribution in [2.45, 2.75) is 20.8 Å². The second-order valence-electron chi connectivity index (χ2n) is 5.04. The lowest BCUT2D eigenvalue weighted by atomic mass is 10.2. The van der Waals surface area contributed by atoms with Crippen molar-refractivity contribution in [1.29, 1.82) is 0 Å². The Bertz CT molecular complexity index is 728. The van der Waals surface area contributed by atoms with Crippen molar-refractivity contribution < 1.29 is 19.0 Å². The zero-order chi connectivity index (χ0) is 18.9. The second kappa shape index (κ2) is 9.86. The Morgan fingerprint density at radius 3 is 2.15 bits per heavy atom. The van der Waals surface area contributed by atoms with Crippen LogP contribution in [0.1, 0.15) is 20.8 Å². The van der Waals surface area contributed by atoms with Gasteiger partial charge in [0.15, 0.2) is 11.5 Å². The Morgan fingerprint density at radius 2 is 1.62 bits per heavy atom. The van der Waals surface area contributed by atoms with Crippen LogP contribution in [0.25, 0.3) is 0 Å². The molecule has 1 heterocycles. The van der Waals surface area contributed by atoms with Crippen LogP contribution in [-0.4, -0.2) is 30.8 Å². The molecule has 0 saturated heterocycles. The lowest BCUT2D eigenvalue weighted by Crippen LogP contribution is -2.20. The van der Waals surface area contributed by atoms with E-state index in [0.717, 1.165) is 4.47 Å². The number of aromatic nitrogens is 1.